The number of halogens is 1. The highest BCUT2D eigenvalue weighted by Crippen LogP contribution is 2.22. The van der Waals surface area contributed by atoms with Crippen molar-refractivity contribution in [3.63, 3.8) is 0 Å². The second-order valence-corrected chi connectivity index (χ2v) is 7.90. The number of rotatable bonds is 6. The average molecular weight is 371 g/mol. The lowest BCUT2D eigenvalue weighted by Gasteiger charge is -2.11. The summed E-state index contributed by atoms with van der Waals surface area (Å²) in [5, 5.41) is 3.06. The minimum absolute atomic E-state index is 0.0234. The van der Waals surface area contributed by atoms with Crippen LogP contribution in [-0.2, 0) is 22.8 Å². The number of oxazole rings is 1. The molecule has 24 heavy (non-hydrogen) atoms. The molecule has 0 bridgehead atoms. The molecule has 0 saturated carbocycles. The Bertz CT molecular complexity index is 859. The Morgan fingerprint density at radius 1 is 1.33 bits per heavy atom. The number of nitrogens with zero attached hydrogens (tertiary/aromatic N) is 1. The summed E-state index contributed by atoms with van der Waals surface area (Å²) < 4.78 is 29.7. The van der Waals surface area contributed by atoms with E-state index in [1.807, 2.05) is 6.92 Å². The van der Waals surface area contributed by atoms with Crippen LogP contribution < -0.4 is 5.32 Å². The van der Waals surface area contributed by atoms with E-state index in [2.05, 4.69) is 10.3 Å². The van der Waals surface area contributed by atoms with Gasteiger partial charge in [-0.1, -0.05) is 25.4 Å². The molecule has 0 atom stereocenters. The molecular weight excluding hydrogens is 352 g/mol. The van der Waals surface area contributed by atoms with Crippen molar-refractivity contribution in [2.45, 2.75) is 38.6 Å². The van der Waals surface area contributed by atoms with Gasteiger partial charge in [0.05, 0.1) is 16.3 Å². The van der Waals surface area contributed by atoms with E-state index in [1.165, 1.54) is 18.2 Å². The summed E-state index contributed by atoms with van der Waals surface area (Å²) in [4.78, 5) is 16.6. The van der Waals surface area contributed by atoms with Gasteiger partial charge in [0.25, 0.3) is 5.91 Å². The number of amides is 1. The van der Waals surface area contributed by atoms with E-state index in [-0.39, 0.29) is 23.0 Å². The van der Waals surface area contributed by atoms with Crippen LogP contribution in [0.1, 0.15) is 41.6 Å². The lowest BCUT2D eigenvalue weighted by molar-refractivity contribution is 0.0920. The van der Waals surface area contributed by atoms with Crippen LogP contribution in [0.5, 0.6) is 0 Å². The van der Waals surface area contributed by atoms with Gasteiger partial charge in [-0.05, 0) is 30.7 Å². The average Bonchev–Trinajstić information content (AvgIpc) is 2.93. The molecule has 1 aromatic heterocycles. The van der Waals surface area contributed by atoms with E-state index >= 15 is 0 Å². The van der Waals surface area contributed by atoms with Crippen molar-refractivity contribution < 1.29 is 17.6 Å². The van der Waals surface area contributed by atoms with Crippen LogP contribution in [-0.4, -0.2) is 25.1 Å². The van der Waals surface area contributed by atoms with E-state index in [4.69, 9.17) is 16.0 Å². The maximum atomic E-state index is 12.3. The third-order valence-corrected chi connectivity index (χ3v) is 5.59. The number of aryl methyl sites for hydroxylation is 2. The molecule has 0 aliphatic rings. The van der Waals surface area contributed by atoms with Gasteiger partial charge in [0.15, 0.2) is 15.7 Å². The highest BCUT2D eigenvalue weighted by molar-refractivity contribution is 7.91. The molecule has 0 saturated heterocycles. The monoisotopic (exact) mass is 370 g/mol. The van der Waals surface area contributed by atoms with Gasteiger partial charge in [-0.2, -0.15) is 0 Å². The Labute approximate surface area is 146 Å². The molecule has 2 aromatic rings. The third kappa shape index (κ3) is 3.96. The standard InChI is InChI=1S/C16H19ClN2O4S/c1-4-14-19-10(3)15(23-14)16(20)18-9-11-8-12(17)6-7-13(11)24(21,22)5-2/h6-8H,4-5,9H2,1-3H3,(H,18,20). The molecule has 8 heteroatoms. The van der Waals surface area contributed by atoms with Gasteiger partial charge in [-0.15, -0.1) is 0 Å². The first-order valence-corrected chi connectivity index (χ1v) is 9.57. The fourth-order valence-electron chi connectivity index (χ4n) is 2.22. The fraction of sp³-hybridized carbons (Fsp3) is 0.375. The van der Waals surface area contributed by atoms with Gasteiger partial charge < -0.3 is 9.73 Å². The van der Waals surface area contributed by atoms with Crippen molar-refractivity contribution in [3.05, 3.63) is 46.1 Å². The zero-order valence-corrected chi connectivity index (χ0v) is 15.3. The molecule has 0 spiro atoms. The molecule has 0 radical (unpaired) electrons. The van der Waals surface area contributed by atoms with Crippen LogP contribution in [0.3, 0.4) is 0 Å². The van der Waals surface area contributed by atoms with Crippen molar-refractivity contribution in [2.75, 3.05) is 5.75 Å². The number of carbonyl (C=O) groups excluding carboxylic acids is 1. The second kappa shape index (κ2) is 7.36. The Balaban J connectivity index is 2.24. The molecule has 1 amide bonds. The molecule has 0 aliphatic heterocycles. The van der Waals surface area contributed by atoms with Gasteiger partial charge in [0.1, 0.15) is 0 Å². The first kappa shape index (κ1) is 18.5. The predicted molar refractivity (Wildman–Crippen MR) is 91.0 cm³/mol. The number of hydrogen-bond donors (Lipinski definition) is 1. The number of sulfone groups is 1. The predicted octanol–water partition coefficient (Wildman–Crippen LogP) is 2.92. The zero-order valence-electron chi connectivity index (χ0n) is 13.7. The van der Waals surface area contributed by atoms with Crippen molar-refractivity contribution in [1.29, 1.82) is 0 Å². The van der Waals surface area contributed by atoms with Crippen LogP contribution in [0.15, 0.2) is 27.5 Å². The highest BCUT2D eigenvalue weighted by atomic mass is 35.5. The quantitative estimate of drug-likeness (QED) is 0.844. The van der Waals surface area contributed by atoms with Gasteiger partial charge in [-0.25, -0.2) is 13.4 Å². The van der Waals surface area contributed by atoms with Gasteiger partial charge in [0.2, 0.25) is 5.76 Å². The second-order valence-electron chi connectivity index (χ2n) is 5.21. The summed E-state index contributed by atoms with van der Waals surface area (Å²) in [6.07, 6.45) is 0.585. The normalized spacial score (nSPS) is 11.5. The minimum atomic E-state index is -3.41. The molecule has 0 aliphatic carbocycles. The molecule has 1 aromatic carbocycles. The summed E-state index contributed by atoms with van der Waals surface area (Å²) >= 11 is 5.95. The molecule has 0 unspecified atom stereocenters. The van der Waals surface area contributed by atoms with Crippen LogP contribution in [0.2, 0.25) is 5.02 Å². The largest absolute Gasteiger partial charge is 0.435 e. The lowest BCUT2D eigenvalue weighted by Crippen LogP contribution is -2.24. The summed E-state index contributed by atoms with van der Waals surface area (Å²) in [7, 11) is -3.41. The van der Waals surface area contributed by atoms with Crippen molar-refractivity contribution in [2.24, 2.45) is 0 Å². The number of benzene rings is 1. The third-order valence-electron chi connectivity index (χ3n) is 3.53. The zero-order chi connectivity index (χ0) is 17.9. The van der Waals surface area contributed by atoms with Crippen molar-refractivity contribution in [1.82, 2.24) is 10.3 Å². The number of carbonyl (C=O) groups is 1. The molecule has 6 nitrogen and oxygen atoms in total. The van der Waals surface area contributed by atoms with E-state index in [9.17, 15) is 13.2 Å². The van der Waals surface area contributed by atoms with Crippen molar-refractivity contribution >= 4 is 27.3 Å². The van der Waals surface area contributed by atoms with Crippen LogP contribution in [0.4, 0.5) is 0 Å². The van der Waals surface area contributed by atoms with Gasteiger partial charge >= 0.3 is 0 Å². The van der Waals surface area contributed by atoms with Crippen LogP contribution >= 0.6 is 11.6 Å². The summed E-state index contributed by atoms with van der Waals surface area (Å²) in [5.74, 6) is 0.138. The Morgan fingerprint density at radius 3 is 2.62 bits per heavy atom. The Kier molecular flexibility index (Phi) is 5.66. The topological polar surface area (TPSA) is 89.3 Å². The summed E-state index contributed by atoms with van der Waals surface area (Å²) in [6.45, 7) is 5.15. The maximum Gasteiger partial charge on any atom is 0.289 e. The minimum Gasteiger partial charge on any atom is -0.435 e. The maximum absolute atomic E-state index is 12.3. The molecule has 1 N–H and O–H groups in total. The smallest absolute Gasteiger partial charge is 0.289 e. The SMILES string of the molecule is CCc1nc(C)c(C(=O)NCc2cc(Cl)ccc2S(=O)(=O)CC)o1. The fourth-order valence-corrected chi connectivity index (χ4v) is 3.53. The number of aromatic nitrogens is 1. The lowest BCUT2D eigenvalue weighted by atomic mass is 10.2. The Morgan fingerprint density at radius 2 is 2.04 bits per heavy atom. The molecule has 2 rings (SSSR count). The van der Waals surface area contributed by atoms with E-state index in [0.29, 0.717) is 28.6 Å². The van der Waals surface area contributed by atoms with Crippen molar-refractivity contribution in [3.8, 4) is 0 Å². The highest BCUT2D eigenvalue weighted by Gasteiger charge is 2.20. The molecule has 0 fully saturated rings. The molecule has 130 valence electrons. The van der Waals surface area contributed by atoms with Crippen LogP contribution in [0, 0.1) is 6.92 Å². The van der Waals surface area contributed by atoms with E-state index < -0.39 is 15.7 Å². The van der Waals surface area contributed by atoms with Gasteiger partial charge in [0, 0.05) is 18.0 Å². The van der Waals surface area contributed by atoms with E-state index in [1.54, 1.807) is 13.8 Å². The van der Waals surface area contributed by atoms with Crippen LogP contribution in [0.25, 0.3) is 0 Å². The Hall–Kier alpha value is -1.86. The van der Waals surface area contributed by atoms with Gasteiger partial charge in [-0.3, -0.25) is 4.79 Å². The molecule has 1 heterocycles. The first-order valence-electron chi connectivity index (χ1n) is 7.54. The number of hydrogen-bond acceptors (Lipinski definition) is 5. The first-order chi connectivity index (χ1) is 11.3. The van der Waals surface area contributed by atoms with E-state index in [0.717, 1.165) is 0 Å². The summed E-state index contributed by atoms with van der Waals surface area (Å²) in [5.41, 5.74) is 0.933. The number of nitrogens with one attached hydrogen (secondary N) is 1. The molecular formula is C16H19ClN2O4S. The summed E-state index contributed by atoms with van der Waals surface area (Å²) in [6, 6.07) is 4.51.